The summed E-state index contributed by atoms with van der Waals surface area (Å²) in [6.45, 7) is 11.0. The van der Waals surface area contributed by atoms with Gasteiger partial charge in [0.05, 0.1) is 11.1 Å². The van der Waals surface area contributed by atoms with Gasteiger partial charge in [0, 0.05) is 33.7 Å². The van der Waals surface area contributed by atoms with Crippen LogP contribution < -0.4 is 4.74 Å². The Balaban J connectivity index is 0.00000420. The van der Waals surface area contributed by atoms with Crippen LogP contribution in [0.25, 0.3) is 22.4 Å². The summed E-state index contributed by atoms with van der Waals surface area (Å²) in [6.07, 6.45) is 3.77. The first-order valence-electron chi connectivity index (χ1n) is 17.3. The third-order valence-electron chi connectivity index (χ3n) is 9.76. The molecule has 1 aliphatic rings. The number of hydrogen-bond acceptors (Lipinski definition) is 4. The molecule has 5 heteroatoms. The zero-order valence-electron chi connectivity index (χ0n) is 29.8. The first kappa shape index (κ1) is 35.6. The predicted molar refractivity (Wildman–Crippen MR) is 208 cm³/mol. The minimum absolute atomic E-state index is 0. The van der Waals surface area contributed by atoms with Crippen LogP contribution in [0.15, 0.2) is 150 Å². The Bertz CT molecular complexity index is 2330. The van der Waals surface area contributed by atoms with E-state index in [1.54, 1.807) is 11.8 Å². The minimum atomic E-state index is -0.703. The van der Waals surface area contributed by atoms with Gasteiger partial charge < -0.3 is 9.72 Å². The van der Waals surface area contributed by atoms with Crippen LogP contribution in [0.4, 0.5) is 0 Å². The van der Waals surface area contributed by atoms with E-state index < -0.39 is 5.41 Å². The van der Waals surface area contributed by atoms with Crippen LogP contribution in [0.3, 0.4) is 0 Å². The molecule has 2 aromatic heterocycles. The summed E-state index contributed by atoms with van der Waals surface area (Å²) in [6, 6.07) is 51.9. The number of benzene rings is 5. The van der Waals surface area contributed by atoms with Crippen molar-refractivity contribution in [1.82, 2.24) is 9.97 Å². The zero-order chi connectivity index (χ0) is 35.2. The second-order valence-corrected chi connectivity index (χ2v) is 15.3. The summed E-state index contributed by atoms with van der Waals surface area (Å²) in [4.78, 5) is 12.2. The van der Waals surface area contributed by atoms with Crippen molar-refractivity contribution in [1.29, 1.82) is 0 Å². The summed E-state index contributed by atoms with van der Waals surface area (Å²) in [5.74, 6) is 1.21. The summed E-state index contributed by atoms with van der Waals surface area (Å²) < 4.78 is 6.80. The Labute approximate surface area is 325 Å². The Morgan fingerprint density at radius 2 is 1.31 bits per heavy atom. The monoisotopic (exact) mass is 873 g/mol. The molecule has 5 aromatic carbocycles. The number of aromatic nitrogens is 2. The Hall–Kier alpha value is -4.76. The van der Waals surface area contributed by atoms with Gasteiger partial charge in [0.25, 0.3) is 0 Å². The molecule has 0 atom stereocenters. The molecule has 1 aliphatic heterocycles. The van der Waals surface area contributed by atoms with Crippen molar-refractivity contribution in [3.05, 3.63) is 191 Å². The van der Waals surface area contributed by atoms with E-state index in [2.05, 4.69) is 162 Å². The van der Waals surface area contributed by atoms with Gasteiger partial charge in [-0.15, -0.1) is 29.3 Å². The summed E-state index contributed by atoms with van der Waals surface area (Å²) >= 11 is 1.80. The van der Waals surface area contributed by atoms with Crippen molar-refractivity contribution in [2.24, 2.45) is 0 Å². The van der Waals surface area contributed by atoms with Gasteiger partial charge in [-0.05, 0) is 88.7 Å². The molecular weight excluding hydrogens is 836 g/mol. The molecule has 7 aromatic rings. The van der Waals surface area contributed by atoms with Crippen molar-refractivity contribution in [2.75, 3.05) is 0 Å². The van der Waals surface area contributed by atoms with Crippen LogP contribution in [0, 0.1) is 26.0 Å². The third kappa shape index (κ3) is 6.44. The van der Waals surface area contributed by atoms with E-state index in [9.17, 15) is 0 Å². The van der Waals surface area contributed by atoms with Crippen molar-refractivity contribution >= 4 is 11.8 Å². The fraction of sp³-hybridized carbons (Fsp3) is 0.149. The van der Waals surface area contributed by atoms with E-state index in [-0.39, 0.29) is 26.5 Å². The maximum absolute atomic E-state index is 6.80. The molecule has 0 unspecified atom stereocenters. The number of hydrogen-bond donors (Lipinski definition) is 0. The molecule has 52 heavy (non-hydrogen) atoms. The smallest absolute Gasteiger partial charge is 0.503 e. The van der Waals surface area contributed by atoms with Crippen molar-refractivity contribution in [2.45, 2.75) is 55.2 Å². The second-order valence-electron chi connectivity index (χ2n) is 14.2. The molecule has 0 amide bonds. The molecular formula is C47H38N2OPtS. The maximum atomic E-state index is 6.80. The van der Waals surface area contributed by atoms with Gasteiger partial charge in [0.2, 0.25) is 0 Å². The topological polar surface area (TPSA) is 35.0 Å². The first-order valence-corrected chi connectivity index (χ1v) is 18.1. The number of ether oxygens (including phenoxy) is 1. The number of rotatable bonds is 6. The predicted octanol–water partition coefficient (Wildman–Crippen LogP) is 12.0. The molecule has 0 aliphatic carbocycles. The summed E-state index contributed by atoms with van der Waals surface area (Å²) in [5.41, 5.74) is 11.1. The molecule has 3 heterocycles. The average molecular weight is 874 g/mol. The number of pyridine rings is 2. The van der Waals surface area contributed by atoms with E-state index in [0.717, 1.165) is 28.1 Å². The standard InChI is InChI=1S/C47H38N2OS.Pt/c1-31-14-12-15-32(2)45(31)34-26-33(41-30-35(23-25-48-41)46(3,4)5)27-38(28-34)50-37-17-13-16-36(29-37)47(44-22-10-11-24-49-44)39-18-6-8-20-42(39)51-43-21-9-7-19-40(43)47;/h6-26,28,30H,1-5H3;/q-2;+2. The zero-order valence-corrected chi connectivity index (χ0v) is 32.9. The SMILES string of the molecule is Cc1cccc(C)c1-c1cc(Oc2[c-]c(C3(c4ccccn4)c4ccccc4Sc4ccccc43)ccc2)[c-]c(-c2cc(C(C)(C)C)ccn2)c1.[Pt+2]. The molecule has 0 fully saturated rings. The maximum Gasteiger partial charge on any atom is 2.00 e. The number of nitrogens with zero attached hydrogens (tertiary/aromatic N) is 2. The van der Waals surface area contributed by atoms with Crippen LogP contribution in [0.2, 0.25) is 0 Å². The Morgan fingerprint density at radius 3 is 1.98 bits per heavy atom. The van der Waals surface area contributed by atoms with E-state index in [4.69, 9.17) is 14.7 Å². The van der Waals surface area contributed by atoms with Crippen LogP contribution in [-0.2, 0) is 31.9 Å². The Morgan fingerprint density at radius 1 is 0.635 bits per heavy atom. The molecule has 0 N–H and O–H groups in total. The summed E-state index contributed by atoms with van der Waals surface area (Å²) in [5, 5.41) is 0. The number of fused-ring (bicyclic) bond motifs is 2. The van der Waals surface area contributed by atoms with Gasteiger partial charge in [-0.25, -0.2) is 0 Å². The van der Waals surface area contributed by atoms with E-state index in [1.807, 2.05) is 24.5 Å². The van der Waals surface area contributed by atoms with Gasteiger partial charge >= 0.3 is 21.1 Å². The van der Waals surface area contributed by atoms with E-state index in [1.165, 1.54) is 43.2 Å². The first-order chi connectivity index (χ1) is 24.7. The molecule has 0 bridgehead atoms. The summed E-state index contributed by atoms with van der Waals surface area (Å²) in [7, 11) is 0. The van der Waals surface area contributed by atoms with Crippen LogP contribution in [0.1, 0.15) is 59.8 Å². The van der Waals surface area contributed by atoms with E-state index >= 15 is 0 Å². The molecule has 3 nitrogen and oxygen atoms in total. The van der Waals surface area contributed by atoms with Gasteiger partial charge in [-0.2, -0.15) is 12.1 Å². The second kappa shape index (κ2) is 14.3. The fourth-order valence-electron chi connectivity index (χ4n) is 7.32. The van der Waals surface area contributed by atoms with Crippen molar-refractivity contribution < 1.29 is 25.8 Å². The van der Waals surface area contributed by atoms with Crippen molar-refractivity contribution in [3.8, 4) is 33.9 Å². The average Bonchev–Trinajstić information content (AvgIpc) is 3.14. The molecule has 0 spiro atoms. The van der Waals surface area contributed by atoms with Crippen LogP contribution in [-0.4, -0.2) is 9.97 Å². The van der Waals surface area contributed by atoms with Gasteiger partial charge in [0.15, 0.2) is 0 Å². The van der Waals surface area contributed by atoms with E-state index in [0.29, 0.717) is 11.5 Å². The van der Waals surface area contributed by atoms with Crippen LogP contribution >= 0.6 is 11.8 Å². The molecule has 0 radical (unpaired) electrons. The molecule has 0 saturated carbocycles. The Kier molecular flexibility index (Phi) is 9.83. The normalized spacial score (nSPS) is 13.0. The van der Waals surface area contributed by atoms with Gasteiger partial charge in [0.1, 0.15) is 0 Å². The van der Waals surface area contributed by atoms with Gasteiger partial charge in [-0.3, -0.25) is 4.98 Å². The quantitative estimate of drug-likeness (QED) is 0.156. The largest absolute Gasteiger partial charge is 2.00 e. The van der Waals surface area contributed by atoms with Crippen LogP contribution in [0.5, 0.6) is 11.5 Å². The third-order valence-corrected chi connectivity index (χ3v) is 10.9. The molecule has 0 saturated heterocycles. The number of aryl methyl sites for hydroxylation is 2. The minimum Gasteiger partial charge on any atom is -0.503 e. The molecule has 258 valence electrons. The fourth-order valence-corrected chi connectivity index (χ4v) is 8.51. The molecule has 8 rings (SSSR count). The van der Waals surface area contributed by atoms with Gasteiger partial charge in [-0.1, -0.05) is 117 Å². The van der Waals surface area contributed by atoms with Crippen molar-refractivity contribution in [3.63, 3.8) is 0 Å².